The Bertz CT molecular complexity index is 2790. The van der Waals surface area contributed by atoms with Crippen molar-refractivity contribution in [3.05, 3.63) is 81.9 Å². The van der Waals surface area contributed by atoms with E-state index in [0.717, 1.165) is 81.6 Å². The number of aliphatic hydroxyl groups is 1. The number of methoxy groups -OCH3 is 6. The van der Waals surface area contributed by atoms with E-state index in [-0.39, 0.29) is 48.3 Å². The number of rotatable bonds is 19. The normalized spacial score (nSPS) is 15.1. The molecule has 4 aromatic carbocycles. The average Bonchev–Trinajstić information content (AvgIpc) is 2.79. The predicted molar refractivity (Wildman–Crippen MR) is 324 cm³/mol. The standard InChI is InChI=1S/C29H42NO8P.C21H25NO5.C12H28NO2P/c1-18(31)30-23-14-12-20-16-24(33-8)26(34-9)27(35-10)25(20)21-13-11-19(15-22(21)23)17-36-39(32,37-28(2,3)4)38-29(5,6)7;1-12(24)22-17-8-6-14-10-18(25-2)20(26-3)21(27-4)19(14)15-7-5-13(11-23)9-16(15)17;1-9-13(10-2)16(14-11(3,4)5)15-12(6,7)8/h11,13,15-16,23H,12,14,17H2,1-10H3,(H,30,31);5,7,9-10,17,23H,6,8,11H2,1-4H3,(H,22,24);9-10H2,1-8H3/t23-;17-;/m00./s1. The summed E-state index contributed by atoms with van der Waals surface area (Å²) in [5, 5.41) is 15.7. The van der Waals surface area contributed by atoms with E-state index in [1.807, 2.05) is 48.5 Å². The van der Waals surface area contributed by atoms with E-state index in [1.54, 1.807) is 84.2 Å². The number of fused-ring (bicyclic) bond motifs is 6. The van der Waals surface area contributed by atoms with Gasteiger partial charge in [0.25, 0.3) is 8.53 Å². The molecule has 2 aliphatic carbocycles. The third kappa shape index (κ3) is 19.5. The fourth-order valence-corrected chi connectivity index (χ4v) is 13.0. The molecule has 20 heteroatoms. The van der Waals surface area contributed by atoms with Crippen LogP contribution in [0.4, 0.5) is 0 Å². The number of aliphatic hydroxyl groups excluding tert-OH is 1. The number of hydrogen-bond acceptors (Lipinski definition) is 16. The van der Waals surface area contributed by atoms with Gasteiger partial charge in [-0.3, -0.25) is 23.2 Å². The Morgan fingerprint density at radius 3 is 1.27 bits per heavy atom. The molecule has 0 heterocycles. The van der Waals surface area contributed by atoms with Crippen LogP contribution in [0.25, 0.3) is 22.3 Å². The van der Waals surface area contributed by atoms with Gasteiger partial charge in [0.05, 0.1) is 90.4 Å². The quantitative estimate of drug-likeness (QED) is 0.0748. The van der Waals surface area contributed by atoms with Crippen molar-refractivity contribution in [2.45, 2.75) is 184 Å². The van der Waals surface area contributed by atoms with Gasteiger partial charge in [-0.25, -0.2) is 9.24 Å². The summed E-state index contributed by atoms with van der Waals surface area (Å²) in [7, 11) is 4.67. The van der Waals surface area contributed by atoms with Crippen molar-refractivity contribution < 1.29 is 70.3 Å². The topological polar surface area (TPSA) is 200 Å². The Morgan fingerprint density at radius 1 is 0.573 bits per heavy atom. The number of amides is 2. The summed E-state index contributed by atoms with van der Waals surface area (Å²) < 4.78 is 79.1. The molecule has 18 nitrogen and oxygen atoms in total. The van der Waals surface area contributed by atoms with Gasteiger partial charge < -0.3 is 53.2 Å². The second-order valence-electron chi connectivity index (χ2n) is 23.9. The van der Waals surface area contributed by atoms with E-state index in [1.165, 1.54) is 13.8 Å². The van der Waals surface area contributed by atoms with Crippen molar-refractivity contribution in [3.63, 3.8) is 0 Å². The number of nitrogens with one attached hydrogen (secondary N) is 2. The molecule has 4 aromatic rings. The highest BCUT2D eigenvalue weighted by Crippen LogP contribution is 2.57. The predicted octanol–water partition coefficient (Wildman–Crippen LogP) is 13.9. The van der Waals surface area contributed by atoms with Crippen molar-refractivity contribution in [3.8, 4) is 56.8 Å². The first-order valence-electron chi connectivity index (χ1n) is 27.9. The number of ether oxygens (including phenoxy) is 6. The molecule has 0 spiro atoms. The molecule has 2 atom stereocenters. The zero-order chi connectivity index (χ0) is 61.7. The van der Waals surface area contributed by atoms with Gasteiger partial charge in [-0.05, 0) is 165 Å². The number of phosphoric ester groups is 1. The summed E-state index contributed by atoms with van der Waals surface area (Å²) in [5.74, 6) is 3.15. The molecular formula is C62H95N3O15P2. The Labute approximate surface area is 490 Å². The second kappa shape index (κ2) is 29.7. The van der Waals surface area contributed by atoms with Crippen molar-refractivity contribution in [1.82, 2.24) is 15.3 Å². The smallest absolute Gasteiger partial charge is 0.476 e. The Kier molecular flexibility index (Phi) is 25.2. The molecule has 0 bridgehead atoms. The molecule has 0 aliphatic heterocycles. The van der Waals surface area contributed by atoms with E-state index < -0.39 is 27.6 Å². The molecule has 0 fully saturated rings. The maximum Gasteiger partial charge on any atom is 0.476 e. The molecule has 0 saturated heterocycles. The van der Waals surface area contributed by atoms with Gasteiger partial charge in [-0.2, -0.15) is 0 Å². The number of benzene rings is 4. The van der Waals surface area contributed by atoms with Crippen LogP contribution in [0.5, 0.6) is 34.5 Å². The molecule has 0 unspecified atom stereocenters. The van der Waals surface area contributed by atoms with E-state index in [9.17, 15) is 19.3 Å². The lowest BCUT2D eigenvalue weighted by atomic mass is 9.92. The third-order valence-electron chi connectivity index (χ3n) is 12.5. The molecule has 3 N–H and O–H groups in total. The van der Waals surface area contributed by atoms with E-state index in [0.29, 0.717) is 47.3 Å². The third-order valence-corrected chi connectivity index (χ3v) is 16.9. The van der Waals surface area contributed by atoms with Crippen LogP contribution in [0.3, 0.4) is 0 Å². The van der Waals surface area contributed by atoms with E-state index in [2.05, 4.69) is 70.7 Å². The molecule has 0 aromatic heterocycles. The maximum absolute atomic E-state index is 13.6. The fourth-order valence-electron chi connectivity index (χ4n) is 9.50. The lowest BCUT2D eigenvalue weighted by Crippen LogP contribution is -2.29. The average molecular weight is 1180 g/mol. The largest absolute Gasteiger partial charge is 0.493 e. The summed E-state index contributed by atoms with van der Waals surface area (Å²) in [6.07, 6.45) is 2.79. The van der Waals surface area contributed by atoms with Gasteiger partial charge in [-0.15, -0.1) is 0 Å². The highest BCUT2D eigenvalue weighted by Gasteiger charge is 2.38. The van der Waals surface area contributed by atoms with Gasteiger partial charge in [-0.1, -0.05) is 50.2 Å². The first kappa shape index (κ1) is 69.5. The van der Waals surface area contributed by atoms with Crippen molar-refractivity contribution in [1.29, 1.82) is 0 Å². The molecule has 0 saturated carbocycles. The summed E-state index contributed by atoms with van der Waals surface area (Å²) in [4.78, 5) is 23.9. The SMILES string of the molecule is CCN(CC)P(OC(C)(C)C)OC(C)(C)C.COc1cc2c(c(OC)c1OC)-c1ccc(CO)cc1[C@@H](NC(C)=O)CC2.COc1cc2c(c(OC)c1OC)-c1ccc(COP(=O)(OC(C)(C)C)OC(C)(C)C)cc1[C@@H](NC(C)=O)CC2. The monoisotopic (exact) mass is 1180 g/mol. The molecular weight excluding hydrogens is 1090 g/mol. The maximum atomic E-state index is 13.6. The van der Waals surface area contributed by atoms with Crippen LogP contribution in [0.2, 0.25) is 0 Å². The second-order valence-corrected chi connectivity index (χ2v) is 26.8. The molecule has 6 rings (SSSR count). The minimum atomic E-state index is -3.91. The van der Waals surface area contributed by atoms with Gasteiger partial charge in [0.1, 0.15) is 0 Å². The first-order valence-corrected chi connectivity index (χ1v) is 30.5. The number of aryl methyl sites for hydroxylation is 2. The van der Waals surface area contributed by atoms with Gasteiger partial charge in [0.15, 0.2) is 23.0 Å². The molecule has 458 valence electrons. The summed E-state index contributed by atoms with van der Waals surface area (Å²) in [5.41, 5.74) is 7.31. The fraction of sp³-hybridized carbons (Fsp3) is 0.581. The molecule has 2 aliphatic rings. The van der Waals surface area contributed by atoms with Crippen LogP contribution >= 0.6 is 16.3 Å². The minimum absolute atomic E-state index is 0.0144. The van der Waals surface area contributed by atoms with E-state index in [4.69, 9.17) is 51.0 Å². The lowest BCUT2D eigenvalue weighted by Gasteiger charge is -2.36. The molecule has 82 heavy (non-hydrogen) atoms. The van der Waals surface area contributed by atoms with Gasteiger partial charge >= 0.3 is 7.82 Å². The number of carbonyl (C=O) groups excluding carboxylic acids is 2. The van der Waals surface area contributed by atoms with Crippen LogP contribution in [0.15, 0.2) is 48.5 Å². The van der Waals surface area contributed by atoms with Crippen LogP contribution in [0, 0.1) is 0 Å². The highest BCUT2D eigenvalue weighted by atomic mass is 31.2. The minimum Gasteiger partial charge on any atom is -0.493 e. The van der Waals surface area contributed by atoms with Crippen molar-refractivity contribution in [2.24, 2.45) is 0 Å². The van der Waals surface area contributed by atoms with Crippen molar-refractivity contribution in [2.75, 3.05) is 55.7 Å². The number of hydrogen-bond donors (Lipinski definition) is 3. The van der Waals surface area contributed by atoms with Crippen LogP contribution in [-0.2, 0) is 62.8 Å². The number of phosphoric acid groups is 1. The van der Waals surface area contributed by atoms with Gasteiger partial charge in [0.2, 0.25) is 23.3 Å². The Morgan fingerprint density at radius 2 is 0.951 bits per heavy atom. The molecule has 2 amide bonds. The van der Waals surface area contributed by atoms with Crippen LogP contribution < -0.4 is 39.1 Å². The van der Waals surface area contributed by atoms with Crippen molar-refractivity contribution >= 4 is 28.2 Å². The first-order chi connectivity index (χ1) is 38.2. The molecule has 0 radical (unpaired) electrons. The zero-order valence-electron chi connectivity index (χ0n) is 52.9. The Hall–Kier alpha value is -5.00. The zero-order valence-corrected chi connectivity index (χ0v) is 54.7. The number of carbonyl (C=O) groups is 2. The lowest BCUT2D eigenvalue weighted by molar-refractivity contribution is -0.120. The summed E-state index contributed by atoms with van der Waals surface area (Å²) in [6, 6.07) is 15.1. The van der Waals surface area contributed by atoms with Crippen LogP contribution in [-0.4, -0.2) is 99.7 Å². The van der Waals surface area contributed by atoms with Crippen LogP contribution in [0.1, 0.15) is 169 Å². The Balaban J connectivity index is 0.000000290. The summed E-state index contributed by atoms with van der Waals surface area (Å²) in [6.45, 7) is 32.3. The highest BCUT2D eigenvalue weighted by molar-refractivity contribution is 7.48. The van der Waals surface area contributed by atoms with Gasteiger partial charge in [0, 0.05) is 38.1 Å². The summed E-state index contributed by atoms with van der Waals surface area (Å²) >= 11 is 0. The van der Waals surface area contributed by atoms with E-state index >= 15 is 0 Å². The number of nitrogens with zero attached hydrogens (tertiary/aromatic N) is 1.